The molecule has 1 saturated heterocycles. The molecule has 2 heterocycles. The van der Waals surface area contributed by atoms with E-state index in [1.54, 1.807) is 20.4 Å². The first-order chi connectivity index (χ1) is 12.6. The summed E-state index contributed by atoms with van der Waals surface area (Å²) < 4.78 is 10.8. The lowest BCUT2D eigenvalue weighted by atomic mass is 9.76. The zero-order chi connectivity index (χ0) is 18.5. The van der Waals surface area contributed by atoms with Crippen LogP contribution in [0.1, 0.15) is 29.9 Å². The summed E-state index contributed by atoms with van der Waals surface area (Å²) in [7, 11) is 3.25. The highest BCUT2D eigenvalue weighted by atomic mass is 16.5. The minimum Gasteiger partial charge on any atom is -0.493 e. The Morgan fingerprint density at radius 3 is 2.46 bits per heavy atom. The van der Waals surface area contributed by atoms with Gasteiger partial charge in [0.25, 0.3) is 0 Å². The maximum Gasteiger partial charge on any atom is 0.407 e. The smallest absolute Gasteiger partial charge is 0.407 e. The maximum atomic E-state index is 11.2. The van der Waals surface area contributed by atoms with Gasteiger partial charge in [0.15, 0.2) is 11.5 Å². The number of hydrogen-bond donors (Lipinski definition) is 1. The highest BCUT2D eigenvalue weighted by Crippen LogP contribution is 2.40. The van der Waals surface area contributed by atoms with Crippen LogP contribution in [-0.2, 0) is 0 Å². The van der Waals surface area contributed by atoms with Gasteiger partial charge in [0.05, 0.1) is 14.2 Å². The van der Waals surface area contributed by atoms with E-state index >= 15 is 0 Å². The molecule has 2 aromatic rings. The Hall–Kier alpha value is -2.76. The van der Waals surface area contributed by atoms with Crippen molar-refractivity contribution in [2.75, 3.05) is 27.3 Å². The van der Waals surface area contributed by atoms with Crippen LogP contribution >= 0.6 is 0 Å². The standard InChI is InChI=1S/C20H24N2O4/c1-25-17-6-5-15(12-18(17)26-2)19(16-4-3-9-21-13-16)14-7-10-22(11-8-14)20(23)24/h3-6,9,12-14,19H,7-8,10-11H2,1-2H3,(H,23,24). The summed E-state index contributed by atoms with van der Waals surface area (Å²) in [5.74, 6) is 1.87. The fraction of sp³-hybridized carbons (Fsp3) is 0.400. The zero-order valence-electron chi connectivity index (χ0n) is 15.1. The lowest BCUT2D eigenvalue weighted by Crippen LogP contribution is -2.39. The molecule has 1 aromatic heterocycles. The largest absolute Gasteiger partial charge is 0.493 e. The Bertz CT molecular complexity index is 743. The van der Waals surface area contributed by atoms with Gasteiger partial charge in [-0.25, -0.2) is 4.79 Å². The number of likely N-dealkylation sites (tertiary alicyclic amines) is 1. The number of benzene rings is 1. The number of piperidine rings is 1. The average Bonchev–Trinajstić information content (AvgIpc) is 2.69. The van der Waals surface area contributed by atoms with Gasteiger partial charge in [-0.2, -0.15) is 0 Å². The molecule has 1 aliphatic rings. The van der Waals surface area contributed by atoms with Crippen molar-refractivity contribution < 1.29 is 19.4 Å². The minimum atomic E-state index is -0.840. The molecule has 0 aliphatic carbocycles. The van der Waals surface area contributed by atoms with E-state index in [4.69, 9.17) is 9.47 Å². The minimum absolute atomic E-state index is 0.138. The molecule has 1 unspecified atom stereocenters. The van der Waals surface area contributed by atoms with Gasteiger partial charge in [-0.3, -0.25) is 4.98 Å². The van der Waals surface area contributed by atoms with Crippen LogP contribution in [0.15, 0.2) is 42.7 Å². The quantitative estimate of drug-likeness (QED) is 0.886. The number of carbonyl (C=O) groups is 1. The molecule has 1 atom stereocenters. The van der Waals surface area contributed by atoms with Crippen molar-refractivity contribution in [3.05, 3.63) is 53.9 Å². The Morgan fingerprint density at radius 1 is 1.15 bits per heavy atom. The number of amides is 1. The van der Waals surface area contributed by atoms with E-state index < -0.39 is 6.09 Å². The van der Waals surface area contributed by atoms with Crippen LogP contribution in [0.5, 0.6) is 11.5 Å². The second-order valence-electron chi connectivity index (χ2n) is 6.49. The summed E-state index contributed by atoms with van der Waals surface area (Å²) >= 11 is 0. The van der Waals surface area contributed by atoms with Crippen LogP contribution < -0.4 is 9.47 Å². The van der Waals surface area contributed by atoms with Crippen molar-refractivity contribution in [3.8, 4) is 11.5 Å². The summed E-state index contributed by atoms with van der Waals surface area (Å²) in [5.41, 5.74) is 2.26. The monoisotopic (exact) mass is 356 g/mol. The molecule has 1 amide bonds. The second-order valence-corrected chi connectivity index (χ2v) is 6.49. The van der Waals surface area contributed by atoms with Crippen molar-refractivity contribution in [1.29, 1.82) is 0 Å². The molecule has 0 radical (unpaired) electrons. The summed E-state index contributed by atoms with van der Waals surface area (Å²) in [6, 6.07) is 10.0. The topological polar surface area (TPSA) is 71.9 Å². The van der Waals surface area contributed by atoms with E-state index in [0.29, 0.717) is 30.5 Å². The third-order valence-electron chi connectivity index (χ3n) is 5.09. The maximum absolute atomic E-state index is 11.2. The molecule has 0 bridgehead atoms. The molecule has 0 saturated carbocycles. The first-order valence-electron chi connectivity index (χ1n) is 8.73. The predicted molar refractivity (Wildman–Crippen MR) is 97.9 cm³/mol. The molecule has 1 aliphatic heterocycles. The van der Waals surface area contributed by atoms with Crippen LogP contribution in [0.2, 0.25) is 0 Å². The van der Waals surface area contributed by atoms with Gasteiger partial charge >= 0.3 is 6.09 Å². The highest BCUT2D eigenvalue weighted by molar-refractivity contribution is 5.65. The molecule has 6 heteroatoms. The van der Waals surface area contributed by atoms with E-state index in [0.717, 1.165) is 24.0 Å². The Morgan fingerprint density at radius 2 is 1.88 bits per heavy atom. The van der Waals surface area contributed by atoms with Gasteiger partial charge in [0, 0.05) is 31.4 Å². The highest BCUT2D eigenvalue weighted by Gasteiger charge is 2.31. The van der Waals surface area contributed by atoms with Gasteiger partial charge in [-0.15, -0.1) is 0 Å². The van der Waals surface area contributed by atoms with Crippen LogP contribution in [-0.4, -0.2) is 48.4 Å². The van der Waals surface area contributed by atoms with E-state index in [1.807, 2.05) is 24.4 Å². The van der Waals surface area contributed by atoms with Gasteiger partial charge in [0.2, 0.25) is 0 Å². The molecular weight excluding hydrogens is 332 g/mol. The number of carboxylic acid groups (broad SMARTS) is 1. The Kier molecular flexibility index (Phi) is 5.61. The number of methoxy groups -OCH3 is 2. The first kappa shape index (κ1) is 18.0. The van der Waals surface area contributed by atoms with Crippen LogP contribution in [0.3, 0.4) is 0 Å². The van der Waals surface area contributed by atoms with Gasteiger partial charge < -0.3 is 19.5 Å². The number of nitrogens with zero attached hydrogens (tertiary/aromatic N) is 2. The van der Waals surface area contributed by atoms with Gasteiger partial charge in [-0.1, -0.05) is 12.1 Å². The molecule has 26 heavy (non-hydrogen) atoms. The Labute approximate surface area is 153 Å². The van der Waals surface area contributed by atoms with Gasteiger partial charge in [0.1, 0.15) is 0 Å². The first-order valence-corrected chi connectivity index (χ1v) is 8.73. The number of ether oxygens (including phenoxy) is 2. The zero-order valence-corrected chi connectivity index (χ0v) is 15.1. The SMILES string of the molecule is COc1ccc(C(c2cccnc2)C2CCN(C(=O)O)CC2)cc1OC. The molecule has 1 aromatic carbocycles. The third kappa shape index (κ3) is 3.74. The number of pyridine rings is 1. The second kappa shape index (κ2) is 8.08. The van der Waals surface area contributed by atoms with Crippen LogP contribution in [0, 0.1) is 5.92 Å². The molecule has 138 valence electrons. The summed E-state index contributed by atoms with van der Waals surface area (Å²) in [5, 5.41) is 9.21. The van der Waals surface area contributed by atoms with Crippen molar-refractivity contribution in [2.45, 2.75) is 18.8 Å². The lowest BCUT2D eigenvalue weighted by Gasteiger charge is -2.35. The third-order valence-corrected chi connectivity index (χ3v) is 5.09. The molecule has 6 nitrogen and oxygen atoms in total. The fourth-order valence-electron chi connectivity index (χ4n) is 3.77. The van der Waals surface area contributed by atoms with Crippen molar-refractivity contribution in [2.24, 2.45) is 5.92 Å². The summed E-state index contributed by atoms with van der Waals surface area (Å²) in [4.78, 5) is 17.0. The van der Waals surface area contributed by atoms with Crippen LogP contribution in [0.4, 0.5) is 4.79 Å². The van der Waals surface area contributed by atoms with Crippen molar-refractivity contribution >= 4 is 6.09 Å². The number of rotatable bonds is 5. The molecule has 0 spiro atoms. The van der Waals surface area contributed by atoms with Gasteiger partial charge in [-0.05, 0) is 48.1 Å². The Balaban J connectivity index is 1.94. The molecule has 1 fully saturated rings. The summed E-state index contributed by atoms with van der Waals surface area (Å²) in [6.07, 6.45) is 4.46. The molecule has 1 N–H and O–H groups in total. The fourth-order valence-corrected chi connectivity index (χ4v) is 3.77. The van der Waals surface area contributed by atoms with E-state index in [-0.39, 0.29) is 5.92 Å². The molecular formula is C20H24N2O4. The predicted octanol–water partition coefficient (Wildman–Crippen LogP) is 3.62. The van der Waals surface area contributed by atoms with Crippen molar-refractivity contribution in [1.82, 2.24) is 9.88 Å². The van der Waals surface area contributed by atoms with Crippen molar-refractivity contribution in [3.63, 3.8) is 0 Å². The van der Waals surface area contributed by atoms with E-state index in [9.17, 15) is 9.90 Å². The lowest BCUT2D eigenvalue weighted by molar-refractivity contribution is 0.122. The van der Waals surface area contributed by atoms with Crippen LogP contribution in [0.25, 0.3) is 0 Å². The van der Waals surface area contributed by atoms with E-state index in [2.05, 4.69) is 17.1 Å². The van der Waals surface area contributed by atoms with E-state index in [1.165, 1.54) is 4.90 Å². The normalized spacial score (nSPS) is 16.2. The molecule has 3 rings (SSSR count). The summed E-state index contributed by atoms with van der Waals surface area (Å²) in [6.45, 7) is 1.12. The number of aromatic nitrogens is 1. The average molecular weight is 356 g/mol. The number of hydrogen-bond acceptors (Lipinski definition) is 4.